The Morgan fingerprint density at radius 2 is 0.804 bits per heavy atom. The number of hydrogen-bond acceptors (Lipinski definition) is 2. The van der Waals surface area contributed by atoms with Crippen LogP contribution in [0.2, 0.25) is 0 Å². The first-order valence-electron chi connectivity index (χ1n) is 19.1. The first kappa shape index (κ1) is 33.2. The van der Waals surface area contributed by atoms with Crippen molar-refractivity contribution in [3.63, 3.8) is 0 Å². The van der Waals surface area contributed by atoms with E-state index in [4.69, 9.17) is 4.42 Å². The molecule has 0 fully saturated rings. The quantitative estimate of drug-likeness (QED) is 0.156. The van der Waals surface area contributed by atoms with Crippen molar-refractivity contribution in [1.29, 1.82) is 0 Å². The molecule has 0 bridgehead atoms. The van der Waals surface area contributed by atoms with E-state index >= 15 is 0 Å². The van der Waals surface area contributed by atoms with Crippen LogP contribution < -0.4 is 4.90 Å². The number of fused-ring (bicyclic) bond motifs is 2. The largest absolute Gasteiger partial charge is 0.456 e. The van der Waals surface area contributed by atoms with Gasteiger partial charge in [0.2, 0.25) is 0 Å². The fraction of sp³-hybridized carbons (Fsp3) is 0. The van der Waals surface area contributed by atoms with Crippen molar-refractivity contribution < 1.29 is 4.42 Å². The minimum atomic E-state index is 0.873. The molecule has 0 aliphatic carbocycles. The minimum absolute atomic E-state index is 0.873. The molecule has 2 heteroatoms. The van der Waals surface area contributed by atoms with Gasteiger partial charge in [-0.05, 0) is 98.2 Å². The first-order chi connectivity index (χ1) is 27.7. The van der Waals surface area contributed by atoms with E-state index in [1.807, 2.05) is 18.2 Å². The Morgan fingerprint density at radius 3 is 1.55 bits per heavy atom. The Bertz CT molecular complexity index is 2900. The Labute approximate surface area is 327 Å². The van der Waals surface area contributed by atoms with Crippen LogP contribution in [0.25, 0.3) is 77.6 Å². The van der Waals surface area contributed by atoms with Crippen LogP contribution in [0.3, 0.4) is 0 Å². The maximum absolute atomic E-state index is 6.21. The van der Waals surface area contributed by atoms with Crippen LogP contribution in [-0.4, -0.2) is 0 Å². The summed E-state index contributed by atoms with van der Waals surface area (Å²) in [6.45, 7) is 0. The Kier molecular flexibility index (Phi) is 8.55. The molecule has 2 nitrogen and oxygen atoms in total. The summed E-state index contributed by atoms with van der Waals surface area (Å²) in [6, 6.07) is 80.0. The summed E-state index contributed by atoms with van der Waals surface area (Å²) in [4.78, 5) is 2.37. The molecule has 56 heavy (non-hydrogen) atoms. The zero-order valence-corrected chi connectivity index (χ0v) is 30.7. The van der Waals surface area contributed by atoms with E-state index in [9.17, 15) is 0 Å². The lowest BCUT2D eigenvalue weighted by Gasteiger charge is -2.28. The third-order valence-electron chi connectivity index (χ3n) is 10.7. The second-order valence-corrected chi connectivity index (χ2v) is 14.1. The van der Waals surface area contributed by atoms with E-state index in [1.165, 1.54) is 44.2 Å². The second-order valence-electron chi connectivity index (χ2n) is 14.1. The van der Waals surface area contributed by atoms with Crippen molar-refractivity contribution in [3.05, 3.63) is 224 Å². The minimum Gasteiger partial charge on any atom is -0.456 e. The van der Waals surface area contributed by atoms with E-state index in [0.29, 0.717) is 0 Å². The number of anilines is 3. The highest BCUT2D eigenvalue weighted by atomic mass is 16.3. The van der Waals surface area contributed by atoms with E-state index in [2.05, 4.69) is 211 Å². The van der Waals surface area contributed by atoms with Crippen LogP contribution in [0.1, 0.15) is 0 Å². The van der Waals surface area contributed by atoms with Gasteiger partial charge in [-0.1, -0.05) is 176 Å². The molecule has 0 amide bonds. The van der Waals surface area contributed by atoms with Gasteiger partial charge in [-0.2, -0.15) is 0 Å². The average molecular weight is 716 g/mol. The van der Waals surface area contributed by atoms with Gasteiger partial charge in [-0.25, -0.2) is 0 Å². The lowest BCUT2D eigenvalue weighted by molar-refractivity contribution is 0.631. The van der Waals surface area contributed by atoms with Crippen molar-refractivity contribution in [2.45, 2.75) is 0 Å². The first-order valence-corrected chi connectivity index (χ1v) is 19.1. The maximum Gasteiger partial charge on any atom is 0.135 e. The number of furan rings is 1. The van der Waals surface area contributed by atoms with Crippen LogP contribution in [0.15, 0.2) is 229 Å². The van der Waals surface area contributed by atoms with Gasteiger partial charge >= 0.3 is 0 Å². The SMILES string of the molecule is c1ccc(-c2ccccc2N(c2ccc(-c3ccc(-c4cccc5ccccc45)cc3)cc2)c2ccc(-c3cccc(-c4cc5ccccc5o4)c3)cc2)cc1. The molecule has 0 spiro atoms. The topological polar surface area (TPSA) is 16.4 Å². The fourth-order valence-corrected chi connectivity index (χ4v) is 7.86. The van der Waals surface area contributed by atoms with Crippen molar-refractivity contribution in [2.75, 3.05) is 4.90 Å². The number of rotatable bonds is 8. The smallest absolute Gasteiger partial charge is 0.135 e. The summed E-state index contributed by atoms with van der Waals surface area (Å²) < 4.78 is 6.21. The third kappa shape index (κ3) is 6.34. The molecule has 1 aromatic heterocycles. The molecule has 10 rings (SSSR count). The molecule has 0 unspecified atom stereocenters. The summed E-state index contributed by atoms with van der Waals surface area (Å²) in [5.41, 5.74) is 14.7. The lowest BCUT2D eigenvalue weighted by Crippen LogP contribution is -2.11. The highest BCUT2D eigenvalue weighted by molar-refractivity contribution is 5.97. The molecule has 0 aliphatic rings. The summed E-state index contributed by atoms with van der Waals surface area (Å²) in [6.07, 6.45) is 0. The molecule has 0 saturated heterocycles. The van der Waals surface area contributed by atoms with Gasteiger partial charge in [0.1, 0.15) is 11.3 Å². The van der Waals surface area contributed by atoms with Crippen molar-refractivity contribution >= 4 is 38.8 Å². The van der Waals surface area contributed by atoms with Crippen LogP contribution in [0, 0.1) is 0 Å². The molecule has 9 aromatic carbocycles. The van der Waals surface area contributed by atoms with Crippen molar-refractivity contribution in [1.82, 2.24) is 0 Å². The monoisotopic (exact) mass is 715 g/mol. The summed E-state index contributed by atoms with van der Waals surface area (Å²) in [7, 11) is 0. The van der Waals surface area contributed by atoms with Crippen molar-refractivity contribution in [2.24, 2.45) is 0 Å². The van der Waals surface area contributed by atoms with Gasteiger partial charge in [0, 0.05) is 27.9 Å². The van der Waals surface area contributed by atoms with Gasteiger partial charge in [0.15, 0.2) is 0 Å². The Morgan fingerprint density at radius 1 is 0.304 bits per heavy atom. The Hall–Kier alpha value is -7.42. The summed E-state index contributed by atoms with van der Waals surface area (Å²) >= 11 is 0. The van der Waals surface area contributed by atoms with Crippen LogP contribution in [-0.2, 0) is 0 Å². The Balaban J connectivity index is 0.997. The molecule has 1 heterocycles. The number of benzene rings is 9. The second kappa shape index (κ2) is 14.4. The molecule has 0 aliphatic heterocycles. The predicted molar refractivity (Wildman–Crippen MR) is 236 cm³/mol. The van der Waals surface area contributed by atoms with E-state index < -0.39 is 0 Å². The average Bonchev–Trinajstić information content (AvgIpc) is 3.72. The third-order valence-corrected chi connectivity index (χ3v) is 10.7. The standard InChI is InChI=1S/C54H37NO/c1-2-12-42(13-3-1)51-20-7-8-22-52(51)55(48-34-30-40(31-35-48)44-17-10-18-45(36-44)54-37-46-15-5-9-23-53(46)56-54)47-32-28-39(29-33-47)38-24-26-43(27-25-38)50-21-11-16-41-14-4-6-19-49(41)50/h1-37H. The van der Waals surface area contributed by atoms with E-state index in [1.54, 1.807) is 0 Å². The van der Waals surface area contributed by atoms with Gasteiger partial charge in [0.25, 0.3) is 0 Å². The van der Waals surface area contributed by atoms with Crippen molar-refractivity contribution in [3.8, 4) is 55.8 Å². The molecular weight excluding hydrogens is 679 g/mol. The number of hydrogen-bond donors (Lipinski definition) is 0. The molecule has 0 N–H and O–H groups in total. The summed E-state index contributed by atoms with van der Waals surface area (Å²) in [5.74, 6) is 0.873. The number of para-hydroxylation sites is 2. The molecule has 0 radical (unpaired) electrons. The van der Waals surface area contributed by atoms with Crippen LogP contribution >= 0.6 is 0 Å². The zero-order valence-electron chi connectivity index (χ0n) is 30.7. The highest BCUT2D eigenvalue weighted by Crippen LogP contribution is 2.42. The van der Waals surface area contributed by atoms with E-state index in [-0.39, 0.29) is 0 Å². The van der Waals surface area contributed by atoms with Gasteiger partial charge in [0.05, 0.1) is 5.69 Å². The van der Waals surface area contributed by atoms with Gasteiger partial charge in [-0.15, -0.1) is 0 Å². The number of nitrogens with zero attached hydrogens (tertiary/aromatic N) is 1. The highest BCUT2D eigenvalue weighted by Gasteiger charge is 2.18. The molecule has 0 atom stereocenters. The molecule has 264 valence electrons. The van der Waals surface area contributed by atoms with E-state index in [0.717, 1.165) is 50.5 Å². The van der Waals surface area contributed by atoms with Crippen LogP contribution in [0.5, 0.6) is 0 Å². The zero-order chi connectivity index (χ0) is 37.3. The van der Waals surface area contributed by atoms with Gasteiger partial charge < -0.3 is 9.32 Å². The molecule has 0 saturated carbocycles. The molecule has 10 aromatic rings. The molecular formula is C54H37NO. The maximum atomic E-state index is 6.21. The fourth-order valence-electron chi connectivity index (χ4n) is 7.86. The summed E-state index contributed by atoms with van der Waals surface area (Å²) in [5, 5.41) is 3.63. The normalized spacial score (nSPS) is 11.2. The van der Waals surface area contributed by atoms with Crippen LogP contribution in [0.4, 0.5) is 17.1 Å². The lowest BCUT2D eigenvalue weighted by atomic mass is 9.96. The van der Waals surface area contributed by atoms with Gasteiger partial charge in [-0.3, -0.25) is 0 Å². The predicted octanol–water partition coefficient (Wildman–Crippen LogP) is 15.4.